The Hall–Kier alpha value is -1.96. The number of carbonyl (C=O) groups excluding carboxylic acids is 1. The van der Waals surface area contributed by atoms with E-state index in [9.17, 15) is 4.79 Å². The molecule has 0 fully saturated rings. The number of hydrogen-bond acceptors (Lipinski definition) is 7. The summed E-state index contributed by atoms with van der Waals surface area (Å²) in [6.07, 6.45) is 3.35. The van der Waals surface area contributed by atoms with E-state index < -0.39 is 5.97 Å². The number of rotatable bonds is 5. The van der Waals surface area contributed by atoms with Crippen LogP contribution in [0, 0.1) is 0 Å². The lowest BCUT2D eigenvalue weighted by atomic mass is 10.5. The second-order valence-electron chi connectivity index (χ2n) is 3.90. The fourth-order valence-corrected chi connectivity index (χ4v) is 2.00. The van der Waals surface area contributed by atoms with E-state index in [0.29, 0.717) is 17.5 Å². The Morgan fingerprint density at radius 3 is 2.95 bits per heavy atom. The van der Waals surface area contributed by atoms with Gasteiger partial charge < -0.3 is 9.47 Å². The molecule has 2 aromatic rings. The van der Waals surface area contributed by atoms with Crippen LogP contribution in [0.5, 0.6) is 5.75 Å². The van der Waals surface area contributed by atoms with Gasteiger partial charge in [0.05, 0.1) is 25.1 Å². The normalized spacial score (nSPS) is 10.7. The van der Waals surface area contributed by atoms with Crippen LogP contribution >= 0.6 is 11.3 Å². The van der Waals surface area contributed by atoms with Crippen molar-refractivity contribution in [3.63, 3.8) is 0 Å². The maximum Gasteiger partial charge on any atom is 0.369 e. The van der Waals surface area contributed by atoms with Gasteiger partial charge in [0.25, 0.3) is 0 Å². The monoisotopic (exact) mass is 282 g/mol. The van der Waals surface area contributed by atoms with Crippen LogP contribution in [0.1, 0.15) is 30.6 Å². The molecule has 0 spiro atoms. The zero-order valence-corrected chi connectivity index (χ0v) is 11.7. The zero-order chi connectivity index (χ0) is 13.8. The van der Waals surface area contributed by atoms with Gasteiger partial charge in [0.15, 0.2) is 5.75 Å². The highest BCUT2D eigenvalue weighted by Gasteiger charge is 2.15. The van der Waals surface area contributed by atoms with Gasteiger partial charge >= 0.3 is 5.97 Å². The summed E-state index contributed by atoms with van der Waals surface area (Å²) in [5.41, 5.74) is 0. The standard InChI is InChI=1S/C11H14N4O3S/c1-4-17-10(16)9-13-14-11(19-9)15-6-8(5-12-15)18-7(2)3/h5-7H,4H2,1-3H3. The first kappa shape index (κ1) is 13.5. The van der Waals surface area contributed by atoms with Crippen molar-refractivity contribution in [2.45, 2.75) is 26.9 Å². The lowest BCUT2D eigenvalue weighted by molar-refractivity contribution is 0.0525. The number of hydrogen-bond donors (Lipinski definition) is 0. The van der Waals surface area contributed by atoms with Gasteiger partial charge in [-0.3, -0.25) is 0 Å². The molecule has 2 rings (SSSR count). The summed E-state index contributed by atoms with van der Waals surface area (Å²) in [6, 6.07) is 0. The minimum atomic E-state index is -0.475. The fourth-order valence-electron chi connectivity index (χ4n) is 1.33. The largest absolute Gasteiger partial charge is 0.488 e. The van der Waals surface area contributed by atoms with Crippen molar-refractivity contribution in [3.8, 4) is 10.9 Å². The highest BCUT2D eigenvalue weighted by molar-refractivity contribution is 7.15. The summed E-state index contributed by atoms with van der Waals surface area (Å²) >= 11 is 1.11. The molecule has 2 aromatic heterocycles. The minimum absolute atomic E-state index is 0.0714. The van der Waals surface area contributed by atoms with Crippen molar-refractivity contribution in [1.29, 1.82) is 0 Å². The molecule has 0 aromatic carbocycles. The van der Waals surface area contributed by atoms with Crippen molar-refractivity contribution in [3.05, 3.63) is 17.4 Å². The van der Waals surface area contributed by atoms with E-state index in [1.54, 1.807) is 19.3 Å². The summed E-state index contributed by atoms with van der Waals surface area (Å²) in [5, 5.41) is 12.5. The number of aromatic nitrogens is 4. The quantitative estimate of drug-likeness (QED) is 0.776. The summed E-state index contributed by atoms with van der Waals surface area (Å²) in [4.78, 5) is 11.5. The van der Waals surface area contributed by atoms with E-state index in [1.165, 1.54) is 4.68 Å². The van der Waals surface area contributed by atoms with Crippen LogP contribution in [0.3, 0.4) is 0 Å². The highest BCUT2D eigenvalue weighted by atomic mass is 32.1. The Bertz CT molecular complexity index is 564. The first-order chi connectivity index (χ1) is 9.10. The summed E-state index contributed by atoms with van der Waals surface area (Å²) in [7, 11) is 0. The molecule has 102 valence electrons. The summed E-state index contributed by atoms with van der Waals surface area (Å²) in [6.45, 7) is 5.91. The molecule has 0 aliphatic heterocycles. The summed E-state index contributed by atoms with van der Waals surface area (Å²) in [5.74, 6) is 0.167. The zero-order valence-electron chi connectivity index (χ0n) is 10.9. The van der Waals surface area contributed by atoms with Crippen LogP contribution in [0.2, 0.25) is 0 Å². The predicted octanol–water partition coefficient (Wildman–Crippen LogP) is 1.69. The molecule has 8 heteroatoms. The first-order valence-electron chi connectivity index (χ1n) is 5.82. The van der Waals surface area contributed by atoms with Gasteiger partial charge in [-0.05, 0) is 20.8 Å². The van der Waals surface area contributed by atoms with E-state index in [4.69, 9.17) is 9.47 Å². The molecule has 0 saturated heterocycles. The topological polar surface area (TPSA) is 79.1 Å². The van der Waals surface area contributed by atoms with E-state index in [-0.39, 0.29) is 11.1 Å². The molecule has 2 heterocycles. The maximum atomic E-state index is 11.5. The average Bonchev–Trinajstić information content (AvgIpc) is 2.96. The summed E-state index contributed by atoms with van der Waals surface area (Å²) < 4.78 is 11.9. The second-order valence-corrected chi connectivity index (χ2v) is 4.85. The van der Waals surface area contributed by atoms with Crippen LogP contribution in [-0.2, 0) is 4.74 Å². The van der Waals surface area contributed by atoms with Crippen LogP contribution < -0.4 is 4.74 Å². The minimum Gasteiger partial charge on any atom is -0.488 e. The average molecular weight is 282 g/mol. The lowest BCUT2D eigenvalue weighted by Gasteiger charge is -2.04. The van der Waals surface area contributed by atoms with E-state index in [0.717, 1.165) is 11.3 Å². The van der Waals surface area contributed by atoms with Crippen LogP contribution in [0.15, 0.2) is 12.4 Å². The van der Waals surface area contributed by atoms with E-state index in [1.807, 2.05) is 13.8 Å². The van der Waals surface area contributed by atoms with E-state index >= 15 is 0 Å². The molecule has 0 N–H and O–H groups in total. The highest BCUT2D eigenvalue weighted by Crippen LogP contribution is 2.18. The third-order valence-corrected chi connectivity index (χ3v) is 2.88. The van der Waals surface area contributed by atoms with Gasteiger partial charge in [-0.1, -0.05) is 11.3 Å². The molecular formula is C11H14N4O3S. The van der Waals surface area contributed by atoms with Crippen LogP contribution in [-0.4, -0.2) is 38.7 Å². The number of carbonyl (C=O) groups is 1. The molecule has 0 amide bonds. The van der Waals surface area contributed by atoms with Gasteiger partial charge in [0.2, 0.25) is 10.1 Å². The number of nitrogens with zero attached hydrogens (tertiary/aromatic N) is 4. The molecule has 0 unspecified atom stereocenters. The lowest BCUT2D eigenvalue weighted by Crippen LogP contribution is -2.04. The van der Waals surface area contributed by atoms with Crippen LogP contribution in [0.4, 0.5) is 0 Å². The van der Waals surface area contributed by atoms with Crippen molar-refractivity contribution in [2.75, 3.05) is 6.61 Å². The van der Waals surface area contributed by atoms with Gasteiger partial charge in [-0.15, -0.1) is 10.2 Å². The Labute approximate surface area is 114 Å². The molecule has 0 radical (unpaired) electrons. The van der Waals surface area contributed by atoms with Crippen molar-refractivity contribution >= 4 is 17.3 Å². The molecule has 7 nitrogen and oxygen atoms in total. The number of esters is 1. The van der Waals surface area contributed by atoms with Gasteiger partial charge in [-0.2, -0.15) is 5.10 Å². The molecular weight excluding hydrogens is 268 g/mol. The Balaban J connectivity index is 2.14. The SMILES string of the molecule is CCOC(=O)c1nnc(-n2cc(OC(C)C)cn2)s1. The van der Waals surface area contributed by atoms with Gasteiger partial charge in [0, 0.05) is 0 Å². The van der Waals surface area contributed by atoms with Crippen molar-refractivity contribution < 1.29 is 14.3 Å². The van der Waals surface area contributed by atoms with Crippen molar-refractivity contribution in [2.24, 2.45) is 0 Å². The fraction of sp³-hybridized carbons (Fsp3) is 0.455. The van der Waals surface area contributed by atoms with Gasteiger partial charge in [-0.25, -0.2) is 9.48 Å². The molecule has 0 atom stereocenters. The van der Waals surface area contributed by atoms with E-state index in [2.05, 4.69) is 15.3 Å². The number of ether oxygens (including phenoxy) is 2. The second kappa shape index (κ2) is 5.79. The van der Waals surface area contributed by atoms with Crippen molar-refractivity contribution in [1.82, 2.24) is 20.0 Å². The van der Waals surface area contributed by atoms with Gasteiger partial charge in [0.1, 0.15) is 0 Å². The van der Waals surface area contributed by atoms with Crippen LogP contribution in [0.25, 0.3) is 5.13 Å². The maximum absolute atomic E-state index is 11.5. The molecule has 0 bridgehead atoms. The predicted molar refractivity (Wildman–Crippen MR) is 68.8 cm³/mol. The Morgan fingerprint density at radius 1 is 1.47 bits per heavy atom. The Morgan fingerprint density at radius 2 is 2.26 bits per heavy atom. The first-order valence-corrected chi connectivity index (χ1v) is 6.64. The molecule has 0 aliphatic rings. The molecule has 19 heavy (non-hydrogen) atoms. The third-order valence-electron chi connectivity index (χ3n) is 1.99. The third kappa shape index (κ3) is 3.28. The molecule has 0 saturated carbocycles. The Kier molecular flexibility index (Phi) is 4.10. The smallest absolute Gasteiger partial charge is 0.369 e. The molecule has 0 aliphatic carbocycles.